The molecule has 0 spiro atoms. The molecule has 0 N–H and O–H groups in total. The van der Waals surface area contributed by atoms with Gasteiger partial charge in [0.1, 0.15) is 5.69 Å². The summed E-state index contributed by atoms with van der Waals surface area (Å²) in [7, 11) is 1.59. The first kappa shape index (κ1) is 17.4. The Morgan fingerprint density at radius 3 is 2.37 bits per heavy atom. The Balaban J connectivity index is 1.95. The fraction of sp³-hybridized carbons (Fsp3) is 0.111. The van der Waals surface area contributed by atoms with Crippen molar-refractivity contribution < 1.29 is 13.2 Å². The van der Waals surface area contributed by atoms with Crippen LogP contribution in [0.3, 0.4) is 0 Å². The third kappa shape index (κ3) is 3.02. The van der Waals surface area contributed by atoms with E-state index >= 15 is 0 Å². The van der Waals surface area contributed by atoms with Crippen molar-refractivity contribution in [2.45, 2.75) is 6.18 Å². The molecule has 0 aliphatic rings. The summed E-state index contributed by atoms with van der Waals surface area (Å²) in [5, 5.41) is 4.63. The SMILES string of the molecule is Cn1nc(-c2ccc(C(F)(F)F)cc2)c(=O)c2nc3cc(Cl)ccc3nc21. The third-order valence-corrected chi connectivity index (χ3v) is 4.32. The highest BCUT2D eigenvalue weighted by atomic mass is 35.5. The molecule has 0 aliphatic heterocycles. The van der Waals surface area contributed by atoms with Gasteiger partial charge in [-0.05, 0) is 30.3 Å². The summed E-state index contributed by atoms with van der Waals surface area (Å²) in [5.74, 6) is 0. The van der Waals surface area contributed by atoms with Gasteiger partial charge in [0.15, 0.2) is 11.2 Å². The number of hydrogen-bond donors (Lipinski definition) is 0. The number of alkyl halides is 3. The maximum Gasteiger partial charge on any atom is 0.416 e. The van der Waals surface area contributed by atoms with Crippen molar-refractivity contribution in [3.8, 4) is 11.3 Å². The van der Waals surface area contributed by atoms with Crippen molar-refractivity contribution in [3.05, 3.63) is 63.3 Å². The molecule has 0 unspecified atom stereocenters. The lowest BCUT2D eigenvalue weighted by molar-refractivity contribution is -0.137. The van der Waals surface area contributed by atoms with Gasteiger partial charge in [-0.25, -0.2) is 14.6 Å². The van der Waals surface area contributed by atoms with E-state index in [9.17, 15) is 18.0 Å². The van der Waals surface area contributed by atoms with Crippen molar-refractivity contribution in [2.75, 3.05) is 0 Å². The van der Waals surface area contributed by atoms with Gasteiger partial charge in [-0.3, -0.25) is 4.79 Å². The Bertz CT molecular complexity index is 1250. The van der Waals surface area contributed by atoms with E-state index in [4.69, 9.17) is 11.6 Å². The Labute approximate surface area is 155 Å². The van der Waals surface area contributed by atoms with E-state index < -0.39 is 17.2 Å². The lowest BCUT2D eigenvalue weighted by Crippen LogP contribution is -2.17. The number of nitrogens with zero attached hydrogens (tertiary/aromatic N) is 4. The molecule has 5 nitrogen and oxygen atoms in total. The first-order valence-corrected chi connectivity index (χ1v) is 8.14. The summed E-state index contributed by atoms with van der Waals surface area (Å²) in [4.78, 5) is 21.6. The maximum absolute atomic E-state index is 12.9. The molecule has 0 bridgehead atoms. The molecule has 0 atom stereocenters. The molecule has 0 amide bonds. The third-order valence-electron chi connectivity index (χ3n) is 4.08. The van der Waals surface area contributed by atoms with Gasteiger partial charge in [-0.2, -0.15) is 18.3 Å². The highest BCUT2D eigenvalue weighted by molar-refractivity contribution is 6.31. The summed E-state index contributed by atoms with van der Waals surface area (Å²) < 4.78 is 39.6. The predicted octanol–water partition coefficient (Wildman–Crippen LogP) is 4.22. The van der Waals surface area contributed by atoms with Gasteiger partial charge in [0.25, 0.3) is 0 Å². The summed E-state index contributed by atoms with van der Waals surface area (Å²) in [6, 6.07) is 9.16. The number of hydrogen-bond acceptors (Lipinski definition) is 4. The lowest BCUT2D eigenvalue weighted by Gasteiger charge is -2.09. The van der Waals surface area contributed by atoms with Gasteiger partial charge in [-0.1, -0.05) is 23.7 Å². The van der Waals surface area contributed by atoms with E-state index in [1.165, 1.54) is 16.8 Å². The van der Waals surface area contributed by atoms with Crippen LogP contribution in [0.25, 0.3) is 33.5 Å². The van der Waals surface area contributed by atoms with Crippen LogP contribution in [0.4, 0.5) is 13.2 Å². The predicted molar refractivity (Wildman–Crippen MR) is 95.5 cm³/mol. The monoisotopic (exact) mass is 390 g/mol. The first-order chi connectivity index (χ1) is 12.7. The highest BCUT2D eigenvalue weighted by Crippen LogP contribution is 2.30. The minimum atomic E-state index is -4.45. The number of aromatic nitrogens is 4. The molecular weight excluding hydrogens is 381 g/mol. The number of rotatable bonds is 1. The molecule has 27 heavy (non-hydrogen) atoms. The molecule has 2 heterocycles. The van der Waals surface area contributed by atoms with Gasteiger partial charge in [0.2, 0.25) is 5.43 Å². The van der Waals surface area contributed by atoms with Gasteiger partial charge >= 0.3 is 6.18 Å². The number of benzene rings is 2. The van der Waals surface area contributed by atoms with E-state index in [0.717, 1.165) is 12.1 Å². The molecule has 0 saturated carbocycles. The number of halogens is 4. The Morgan fingerprint density at radius 1 is 1.00 bits per heavy atom. The molecule has 2 aromatic carbocycles. The fourth-order valence-electron chi connectivity index (χ4n) is 2.76. The van der Waals surface area contributed by atoms with E-state index in [0.29, 0.717) is 16.1 Å². The molecule has 136 valence electrons. The normalized spacial score (nSPS) is 12.0. The van der Waals surface area contributed by atoms with Gasteiger partial charge in [0, 0.05) is 17.6 Å². The maximum atomic E-state index is 12.9. The molecule has 2 aromatic heterocycles. The molecule has 4 aromatic rings. The molecule has 0 aliphatic carbocycles. The second-order valence-corrected chi connectivity index (χ2v) is 6.34. The van der Waals surface area contributed by atoms with Gasteiger partial charge < -0.3 is 0 Å². The van der Waals surface area contributed by atoms with Crippen molar-refractivity contribution in [1.82, 2.24) is 19.7 Å². The first-order valence-electron chi connectivity index (χ1n) is 7.76. The van der Waals surface area contributed by atoms with E-state index in [1.54, 1.807) is 25.2 Å². The molecular formula is C18H10ClF3N4O. The largest absolute Gasteiger partial charge is 0.416 e. The minimum Gasteiger partial charge on any atom is -0.285 e. The van der Waals surface area contributed by atoms with E-state index in [-0.39, 0.29) is 22.4 Å². The molecule has 0 saturated heterocycles. The Morgan fingerprint density at radius 2 is 1.70 bits per heavy atom. The van der Waals surface area contributed by atoms with Crippen molar-refractivity contribution in [3.63, 3.8) is 0 Å². The van der Waals surface area contributed by atoms with Crippen LogP contribution in [0.5, 0.6) is 0 Å². The second kappa shape index (κ2) is 6.02. The van der Waals surface area contributed by atoms with Crippen molar-refractivity contribution >= 4 is 33.8 Å². The Kier molecular flexibility index (Phi) is 3.88. The topological polar surface area (TPSA) is 60.7 Å². The van der Waals surface area contributed by atoms with Gasteiger partial charge in [0.05, 0.1) is 16.6 Å². The fourth-order valence-corrected chi connectivity index (χ4v) is 2.92. The zero-order chi connectivity index (χ0) is 19.3. The van der Waals surface area contributed by atoms with Crippen molar-refractivity contribution in [2.24, 2.45) is 7.05 Å². The number of fused-ring (bicyclic) bond motifs is 2. The average Bonchev–Trinajstić information content (AvgIpc) is 2.63. The summed E-state index contributed by atoms with van der Waals surface area (Å²) >= 11 is 5.96. The summed E-state index contributed by atoms with van der Waals surface area (Å²) in [6.45, 7) is 0. The average molecular weight is 391 g/mol. The lowest BCUT2D eigenvalue weighted by atomic mass is 10.1. The van der Waals surface area contributed by atoms with Crippen LogP contribution in [0, 0.1) is 0 Å². The molecule has 4 rings (SSSR count). The van der Waals surface area contributed by atoms with E-state index in [1.807, 2.05) is 0 Å². The van der Waals surface area contributed by atoms with Crippen molar-refractivity contribution in [1.29, 1.82) is 0 Å². The van der Waals surface area contributed by atoms with Crippen LogP contribution in [0.2, 0.25) is 5.02 Å². The quantitative estimate of drug-likeness (QED) is 0.457. The van der Waals surface area contributed by atoms with Crippen LogP contribution < -0.4 is 5.43 Å². The standard InChI is InChI=1S/C18H10ClF3N4O/c1-26-17-15(23-13-8-11(19)6-7-12(13)24-17)16(27)14(25-26)9-2-4-10(5-3-9)18(20,21)22/h2-8H,1H3. The van der Waals surface area contributed by atoms with E-state index in [2.05, 4.69) is 15.1 Å². The molecule has 9 heteroatoms. The smallest absolute Gasteiger partial charge is 0.285 e. The zero-order valence-corrected chi connectivity index (χ0v) is 14.5. The summed E-state index contributed by atoms with van der Waals surface area (Å²) in [6.07, 6.45) is -4.45. The van der Waals surface area contributed by atoms with Crippen LogP contribution in [0.1, 0.15) is 5.56 Å². The van der Waals surface area contributed by atoms with Crippen LogP contribution in [0.15, 0.2) is 47.3 Å². The molecule has 0 radical (unpaired) electrons. The van der Waals surface area contributed by atoms with Crippen LogP contribution in [-0.4, -0.2) is 19.7 Å². The van der Waals surface area contributed by atoms with Crippen LogP contribution >= 0.6 is 11.6 Å². The minimum absolute atomic E-state index is 0.00518. The summed E-state index contributed by atoms with van der Waals surface area (Å²) in [5.41, 5.74) is 0.264. The number of aryl methyl sites for hydroxylation is 1. The Hall–Kier alpha value is -3.00. The molecule has 0 fully saturated rings. The highest BCUT2D eigenvalue weighted by Gasteiger charge is 2.30. The second-order valence-electron chi connectivity index (χ2n) is 5.91. The van der Waals surface area contributed by atoms with Crippen LogP contribution in [-0.2, 0) is 13.2 Å². The van der Waals surface area contributed by atoms with Gasteiger partial charge in [-0.15, -0.1) is 0 Å². The zero-order valence-electron chi connectivity index (χ0n) is 13.8.